The zero-order chi connectivity index (χ0) is 12.5. The molecule has 3 rings (SSSR count). The van der Waals surface area contributed by atoms with Crippen molar-refractivity contribution < 1.29 is 0 Å². The Morgan fingerprint density at radius 1 is 1.17 bits per heavy atom. The molecular weight excluding hydrogens is 222 g/mol. The summed E-state index contributed by atoms with van der Waals surface area (Å²) in [5.74, 6) is 1.72. The second kappa shape index (κ2) is 4.56. The minimum absolute atomic E-state index is 0.485. The van der Waals surface area contributed by atoms with E-state index in [9.17, 15) is 0 Å². The van der Waals surface area contributed by atoms with Crippen LogP contribution in [0.2, 0.25) is 0 Å². The molecule has 1 unspecified atom stereocenters. The molecule has 0 aliphatic heterocycles. The Morgan fingerprint density at radius 2 is 1.89 bits per heavy atom. The van der Waals surface area contributed by atoms with Crippen molar-refractivity contribution in [2.24, 2.45) is 5.92 Å². The lowest BCUT2D eigenvalue weighted by Crippen LogP contribution is -2.31. The van der Waals surface area contributed by atoms with Crippen molar-refractivity contribution in [3.8, 4) is 0 Å². The molecule has 1 aromatic heterocycles. The average Bonchev–Trinajstić information content (AvgIpc) is 2.31. The van der Waals surface area contributed by atoms with E-state index in [0.29, 0.717) is 6.04 Å². The highest BCUT2D eigenvalue weighted by Gasteiger charge is 2.24. The topological polar surface area (TPSA) is 37.8 Å². The number of rotatable bonds is 3. The van der Waals surface area contributed by atoms with Crippen molar-refractivity contribution in [1.82, 2.24) is 10.2 Å². The van der Waals surface area contributed by atoms with Crippen LogP contribution in [0.4, 0.5) is 5.82 Å². The fourth-order valence-electron chi connectivity index (χ4n) is 2.62. The largest absolute Gasteiger partial charge is 0.365 e. The first-order valence-electron chi connectivity index (χ1n) is 6.74. The number of aryl methyl sites for hydroxylation is 1. The summed E-state index contributed by atoms with van der Waals surface area (Å²) in [6.07, 6.45) is 4.05. The third-order valence-electron chi connectivity index (χ3n) is 4.09. The molecule has 0 bridgehead atoms. The van der Waals surface area contributed by atoms with E-state index >= 15 is 0 Å². The van der Waals surface area contributed by atoms with E-state index in [1.54, 1.807) is 0 Å². The van der Waals surface area contributed by atoms with Gasteiger partial charge in [-0.15, -0.1) is 5.10 Å². The molecule has 1 fully saturated rings. The number of nitrogens with one attached hydrogen (secondary N) is 1. The summed E-state index contributed by atoms with van der Waals surface area (Å²) in [7, 11) is 0. The number of fused-ring (bicyclic) bond motifs is 1. The molecule has 1 heterocycles. The van der Waals surface area contributed by atoms with Crippen molar-refractivity contribution in [2.75, 3.05) is 5.32 Å². The summed E-state index contributed by atoms with van der Waals surface area (Å²) in [6.45, 7) is 4.26. The second-order valence-corrected chi connectivity index (χ2v) is 5.30. The summed E-state index contributed by atoms with van der Waals surface area (Å²) in [5, 5.41) is 14.5. The predicted molar refractivity (Wildman–Crippen MR) is 74.7 cm³/mol. The minimum Gasteiger partial charge on any atom is -0.365 e. The van der Waals surface area contributed by atoms with Crippen LogP contribution in [-0.4, -0.2) is 16.2 Å². The maximum atomic E-state index is 4.33. The van der Waals surface area contributed by atoms with Gasteiger partial charge in [-0.3, -0.25) is 0 Å². The predicted octanol–water partition coefficient (Wildman–Crippen LogP) is 3.54. The van der Waals surface area contributed by atoms with E-state index in [4.69, 9.17) is 0 Å². The van der Waals surface area contributed by atoms with E-state index in [2.05, 4.69) is 46.7 Å². The molecule has 1 atom stereocenters. The van der Waals surface area contributed by atoms with Crippen LogP contribution in [0.3, 0.4) is 0 Å². The van der Waals surface area contributed by atoms with Crippen LogP contribution >= 0.6 is 0 Å². The van der Waals surface area contributed by atoms with Crippen molar-refractivity contribution in [3.05, 3.63) is 30.0 Å². The Balaban J connectivity index is 1.94. The Hall–Kier alpha value is -1.64. The smallest absolute Gasteiger partial charge is 0.156 e. The average molecular weight is 241 g/mol. The Labute approximate surface area is 108 Å². The molecule has 18 heavy (non-hydrogen) atoms. The number of aromatic nitrogens is 2. The van der Waals surface area contributed by atoms with Gasteiger partial charge >= 0.3 is 0 Å². The van der Waals surface area contributed by atoms with Crippen LogP contribution in [-0.2, 0) is 0 Å². The fraction of sp³-hybridized carbons (Fsp3) is 0.467. The number of hydrogen-bond acceptors (Lipinski definition) is 3. The Morgan fingerprint density at radius 3 is 2.56 bits per heavy atom. The fourth-order valence-corrected chi connectivity index (χ4v) is 2.62. The lowest BCUT2D eigenvalue weighted by Gasteiger charge is -2.32. The summed E-state index contributed by atoms with van der Waals surface area (Å²) in [5.41, 5.74) is 0.993. The summed E-state index contributed by atoms with van der Waals surface area (Å²) >= 11 is 0. The Kier molecular flexibility index (Phi) is 2.90. The van der Waals surface area contributed by atoms with E-state index in [1.807, 2.05) is 6.92 Å². The van der Waals surface area contributed by atoms with Crippen molar-refractivity contribution in [1.29, 1.82) is 0 Å². The molecule has 0 spiro atoms. The van der Waals surface area contributed by atoms with Crippen LogP contribution < -0.4 is 5.32 Å². The molecule has 0 radical (unpaired) electrons. The third kappa shape index (κ3) is 1.94. The lowest BCUT2D eigenvalue weighted by atomic mass is 9.80. The number of nitrogens with zero attached hydrogens (tertiary/aromatic N) is 2. The molecular formula is C15H19N3. The van der Waals surface area contributed by atoms with Gasteiger partial charge in [-0.25, -0.2) is 0 Å². The van der Waals surface area contributed by atoms with Crippen molar-refractivity contribution in [3.63, 3.8) is 0 Å². The molecule has 1 saturated carbocycles. The molecule has 0 amide bonds. The van der Waals surface area contributed by atoms with Crippen LogP contribution in [0.15, 0.2) is 24.3 Å². The number of benzene rings is 1. The van der Waals surface area contributed by atoms with Crippen molar-refractivity contribution >= 4 is 16.6 Å². The maximum Gasteiger partial charge on any atom is 0.156 e. The van der Waals surface area contributed by atoms with Crippen LogP contribution in [0.5, 0.6) is 0 Å². The van der Waals surface area contributed by atoms with Crippen LogP contribution in [0, 0.1) is 12.8 Å². The Bertz CT molecular complexity index is 561. The molecule has 3 nitrogen and oxygen atoms in total. The third-order valence-corrected chi connectivity index (χ3v) is 4.09. The van der Waals surface area contributed by atoms with Gasteiger partial charge < -0.3 is 5.32 Å². The monoisotopic (exact) mass is 241 g/mol. The molecule has 1 aliphatic rings. The zero-order valence-electron chi connectivity index (χ0n) is 11.0. The van der Waals surface area contributed by atoms with E-state index in [0.717, 1.165) is 17.4 Å². The highest BCUT2D eigenvalue weighted by molar-refractivity contribution is 5.92. The first-order valence-corrected chi connectivity index (χ1v) is 6.74. The van der Waals surface area contributed by atoms with E-state index in [1.165, 1.54) is 30.0 Å². The molecule has 0 saturated heterocycles. The molecule has 1 N–H and O–H groups in total. The van der Waals surface area contributed by atoms with Gasteiger partial charge in [0.2, 0.25) is 0 Å². The SMILES string of the molecule is Cc1nnc(NC(C)C2CCC2)c2ccccc12. The summed E-state index contributed by atoms with van der Waals surface area (Å²) in [4.78, 5) is 0. The van der Waals surface area contributed by atoms with Gasteiger partial charge in [0.15, 0.2) is 5.82 Å². The molecule has 2 aromatic rings. The highest BCUT2D eigenvalue weighted by atomic mass is 15.2. The molecule has 94 valence electrons. The zero-order valence-corrected chi connectivity index (χ0v) is 11.0. The van der Waals surface area contributed by atoms with Gasteiger partial charge in [-0.1, -0.05) is 30.7 Å². The molecule has 1 aromatic carbocycles. The first kappa shape index (κ1) is 11.5. The van der Waals surface area contributed by atoms with Gasteiger partial charge in [-0.2, -0.15) is 5.10 Å². The van der Waals surface area contributed by atoms with Crippen molar-refractivity contribution in [2.45, 2.75) is 39.2 Å². The van der Waals surface area contributed by atoms with Crippen LogP contribution in [0.25, 0.3) is 10.8 Å². The molecule has 3 heteroatoms. The lowest BCUT2D eigenvalue weighted by molar-refractivity contribution is 0.285. The minimum atomic E-state index is 0.485. The van der Waals surface area contributed by atoms with Gasteiger partial charge in [-0.05, 0) is 32.6 Å². The quantitative estimate of drug-likeness (QED) is 0.893. The van der Waals surface area contributed by atoms with E-state index in [-0.39, 0.29) is 0 Å². The second-order valence-electron chi connectivity index (χ2n) is 5.30. The van der Waals surface area contributed by atoms with E-state index < -0.39 is 0 Å². The standard InChI is InChI=1S/C15H19N3/c1-10(12-6-5-7-12)16-15-14-9-4-3-8-13(14)11(2)17-18-15/h3-4,8-10,12H,5-7H2,1-2H3,(H,16,18). The molecule has 1 aliphatic carbocycles. The van der Waals surface area contributed by atoms with Gasteiger partial charge in [0.05, 0.1) is 5.69 Å². The number of hydrogen-bond donors (Lipinski definition) is 1. The van der Waals surface area contributed by atoms with Crippen LogP contribution in [0.1, 0.15) is 31.9 Å². The normalized spacial score (nSPS) is 17.4. The van der Waals surface area contributed by atoms with Gasteiger partial charge in [0.1, 0.15) is 0 Å². The maximum absolute atomic E-state index is 4.33. The van der Waals surface area contributed by atoms with Gasteiger partial charge in [0, 0.05) is 16.8 Å². The first-order chi connectivity index (χ1) is 8.75. The number of anilines is 1. The van der Waals surface area contributed by atoms with Gasteiger partial charge in [0.25, 0.3) is 0 Å². The summed E-state index contributed by atoms with van der Waals surface area (Å²) < 4.78 is 0. The summed E-state index contributed by atoms with van der Waals surface area (Å²) in [6, 6.07) is 8.82. The highest BCUT2D eigenvalue weighted by Crippen LogP contribution is 2.32.